The number of carbonyl (C=O) groups is 1. The quantitative estimate of drug-likeness (QED) is 0.732. The van der Waals surface area contributed by atoms with Crippen LogP contribution in [0.1, 0.15) is 26.7 Å². The van der Waals surface area contributed by atoms with E-state index >= 15 is 0 Å². The van der Waals surface area contributed by atoms with E-state index in [2.05, 4.69) is 12.2 Å². The Kier molecular flexibility index (Phi) is 7.43. The summed E-state index contributed by atoms with van der Waals surface area (Å²) in [7, 11) is -1.97. The summed E-state index contributed by atoms with van der Waals surface area (Å²) in [4.78, 5) is 14.3. The van der Waals surface area contributed by atoms with Gasteiger partial charge in [0.15, 0.2) is 0 Å². The van der Waals surface area contributed by atoms with Gasteiger partial charge in [0.25, 0.3) is 0 Å². The average molecular weight is 384 g/mol. The molecule has 1 atom stereocenters. The highest BCUT2D eigenvalue weighted by Gasteiger charge is 2.29. The number of piperazine rings is 1. The minimum Gasteiger partial charge on any atom is -0.497 e. The van der Waals surface area contributed by atoms with Crippen molar-refractivity contribution in [1.82, 2.24) is 14.5 Å². The third kappa shape index (κ3) is 5.43. The molecule has 1 unspecified atom stereocenters. The summed E-state index contributed by atoms with van der Waals surface area (Å²) in [6.45, 7) is 6.25. The number of benzene rings is 1. The lowest BCUT2D eigenvalue weighted by Crippen LogP contribution is -2.51. The number of carbonyl (C=O) groups excluding carboxylic acids is 1. The molecule has 0 aromatic heterocycles. The summed E-state index contributed by atoms with van der Waals surface area (Å²) >= 11 is 0. The van der Waals surface area contributed by atoms with Gasteiger partial charge in [0.05, 0.1) is 18.6 Å². The number of hydrogen-bond donors (Lipinski definition) is 1. The number of amides is 1. The van der Waals surface area contributed by atoms with Crippen molar-refractivity contribution in [1.29, 1.82) is 0 Å². The van der Waals surface area contributed by atoms with Gasteiger partial charge in [-0.25, -0.2) is 8.42 Å². The lowest BCUT2D eigenvalue weighted by Gasteiger charge is -2.33. The predicted molar refractivity (Wildman–Crippen MR) is 101 cm³/mol. The number of ether oxygens (including phenoxy) is 1. The molecule has 1 aromatic carbocycles. The highest BCUT2D eigenvalue weighted by molar-refractivity contribution is 7.89. The Morgan fingerprint density at radius 1 is 1.19 bits per heavy atom. The monoisotopic (exact) mass is 383 g/mol. The zero-order chi connectivity index (χ0) is 19.2. The molecule has 0 aliphatic carbocycles. The van der Waals surface area contributed by atoms with Gasteiger partial charge in [-0.2, -0.15) is 4.31 Å². The number of methoxy groups -OCH3 is 1. The molecule has 0 bridgehead atoms. The average Bonchev–Trinajstić information content (AvgIpc) is 2.62. The van der Waals surface area contributed by atoms with E-state index < -0.39 is 10.0 Å². The van der Waals surface area contributed by atoms with Crippen molar-refractivity contribution in [2.45, 2.75) is 37.6 Å². The van der Waals surface area contributed by atoms with Gasteiger partial charge in [0.1, 0.15) is 5.75 Å². The lowest BCUT2D eigenvalue weighted by atomic mass is 10.2. The summed E-state index contributed by atoms with van der Waals surface area (Å²) in [6.07, 6.45) is 1.99. The van der Waals surface area contributed by atoms with E-state index in [-0.39, 0.29) is 16.8 Å². The van der Waals surface area contributed by atoms with Crippen LogP contribution in [0.2, 0.25) is 0 Å². The zero-order valence-corrected chi connectivity index (χ0v) is 16.6. The Morgan fingerprint density at radius 2 is 1.81 bits per heavy atom. The van der Waals surface area contributed by atoms with Crippen LogP contribution in [0.3, 0.4) is 0 Å². The molecule has 0 radical (unpaired) electrons. The van der Waals surface area contributed by atoms with Gasteiger partial charge in [0, 0.05) is 32.2 Å². The van der Waals surface area contributed by atoms with Crippen LogP contribution in [0.25, 0.3) is 0 Å². The van der Waals surface area contributed by atoms with E-state index in [1.807, 2.05) is 11.8 Å². The standard InChI is InChI=1S/C18H29N3O4S/c1-4-5-15(2)19-18(22)14-20-10-12-21(13-11-20)26(23,24)17-8-6-16(25-3)7-9-17/h6-9,15H,4-5,10-14H2,1-3H3,(H,19,22). The summed E-state index contributed by atoms with van der Waals surface area (Å²) in [5, 5.41) is 2.98. The number of nitrogens with zero attached hydrogens (tertiary/aromatic N) is 2. The van der Waals surface area contributed by atoms with Gasteiger partial charge in [-0.15, -0.1) is 0 Å². The fraction of sp³-hybridized carbons (Fsp3) is 0.611. The van der Waals surface area contributed by atoms with E-state index in [4.69, 9.17) is 4.74 Å². The van der Waals surface area contributed by atoms with Crippen molar-refractivity contribution in [3.8, 4) is 5.75 Å². The van der Waals surface area contributed by atoms with Gasteiger partial charge < -0.3 is 10.1 Å². The van der Waals surface area contributed by atoms with Gasteiger partial charge >= 0.3 is 0 Å². The topological polar surface area (TPSA) is 79.0 Å². The van der Waals surface area contributed by atoms with Crippen LogP contribution in [-0.4, -0.2) is 69.4 Å². The second kappa shape index (κ2) is 9.34. The molecule has 0 saturated carbocycles. The molecule has 146 valence electrons. The van der Waals surface area contributed by atoms with Crippen LogP contribution in [0.15, 0.2) is 29.2 Å². The first kappa shape index (κ1) is 20.7. The lowest BCUT2D eigenvalue weighted by molar-refractivity contribution is -0.123. The molecule has 1 aliphatic heterocycles. The maximum Gasteiger partial charge on any atom is 0.243 e. The van der Waals surface area contributed by atoms with E-state index in [1.54, 1.807) is 31.4 Å². The number of sulfonamides is 1. The van der Waals surface area contributed by atoms with Crippen LogP contribution in [-0.2, 0) is 14.8 Å². The molecule has 8 heteroatoms. The zero-order valence-electron chi connectivity index (χ0n) is 15.8. The third-order valence-corrected chi connectivity index (χ3v) is 6.44. The molecular weight excluding hydrogens is 354 g/mol. The SMILES string of the molecule is CCCC(C)NC(=O)CN1CCN(S(=O)(=O)c2ccc(OC)cc2)CC1. The van der Waals surface area contributed by atoms with Crippen molar-refractivity contribution in [3.05, 3.63) is 24.3 Å². The van der Waals surface area contributed by atoms with Gasteiger partial charge in [-0.1, -0.05) is 13.3 Å². The second-order valence-corrected chi connectivity index (χ2v) is 8.55. The van der Waals surface area contributed by atoms with Crippen LogP contribution < -0.4 is 10.1 Å². The molecule has 1 aliphatic rings. The molecule has 1 heterocycles. The highest BCUT2D eigenvalue weighted by Crippen LogP contribution is 2.20. The molecular formula is C18H29N3O4S. The van der Waals surface area contributed by atoms with E-state index in [0.717, 1.165) is 12.8 Å². The second-order valence-electron chi connectivity index (χ2n) is 6.61. The van der Waals surface area contributed by atoms with Crippen molar-refractivity contribution in [2.75, 3.05) is 39.8 Å². The molecule has 0 spiro atoms. The maximum atomic E-state index is 12.7. The Bertz CT molecular complexity index is 683. The molecule has 1 N–H and O–H groups in total. The summed E-state index contributed by atoms with van der Waals surface area (Å²) in [5.41, 5.74) is 0. The Labute approximate surface area is 156 Å². The normalized spacial score (nSPS) is 17.7. The van der Waals surface area contributed by atoms with Crippen molar-refractivity contribution >= 4 is 15.9 Å². The third-order valence-electron chi connectivity index (χ3n) is 4.52. The highest BCUT2D eigenvalue weighted by atomic mass is 32.2. The molecule has 7 nitrogen and oxygen atoms in total. The van der Waals surface area contributed by atoms with Gasteiger partial charge in [-0.05, 0) is 37.6 Å². The number of nitrogens with one attached hydrogen (secondary N) is 1. The number of hydrogen-bond acceptors (Lipinski definition) is 5. The van der Waals surface area contributed by atoms with Crippen LogP contribution >= 0.6 is 0 Å². The minimum atomic E-state index is -3.51. The molecule has 1 fully saturated rings. The first-order valence-electron chi connectivity index (χ1n) is 9.02. The fourth-order valence-corrected chi connectivity index (χ4v) is 4.48. The Balaban J connectivity index is 1.87. The van der Waals surface area contributed by atoms with Gasteiger partial charge in [-0.3, -0.25) is 9.69 Å². The minimum absolute atomic E-state index is 0.00240. The smallest absolute Gasteiger partial charge is 0.243 e. The first-order valence-corrected chi connectivity index (χ1v) is 10.5. The molecule has 1 saturated heterocycles. The molecule has 2 rings (SSSR count). The van der Waals surface area contributed by atoms with E-state index in [1.165, 1.54) is 4.31 Å². The summed E-state index contributed by atoms with van der Waals surface area (Å²) < 4.78 is 32.0. The maximum absolute atomic E-state index is 12.7. The largest absolute Gasteiger partial charge is 0.497 e. The summed E-state index contributed by atoms with van der Waals surface area (Å²) in [5.74, 6) is 0.620. The predicted octanol–water partition coefficient (Wildman–Crippen LogP) is 1.31. The molecule has 1 aromatic rings. The van der Waals surface area contributed by atoms with Crippen LogP contribution in [0.4, 0.5) is 0 Å². The van der Waals surface area contributed by atoms with Gasteiger partial charge in [0.2, 0.25) is 15.9 Å². The first-order chi connectivity index (χ1) is 12.4. The van der Waals surface area contributed by atoms with E-state index in [0.29, 0.717) is 38.5 Å². The van der Waals surface area contributed by atoms with E-state index in [9.17, 15) is 13.2 Å². The Hall–Kier alpha value is -1.64. The van der Waals surface area contributed by atoms with Crippen molar-refractivity contribution < 1.29 is 17.9 Å². The van der Waals surface area contributed by atoms with Crippen molar-refractivity contribution in [3.63, 3.8) is 0 Å². The van der Waals surface area contributed by atoms with Crippen LogP contribution in [0.5, 0.6) is 5.75 Å². The fourth-order valence-electron chi connectivity index (χ4n) is 3.05. The Morgan fingerprint density at radius 3 is 2.35 bits per heavy atom. The molecule has 26 heavy (non-hydrogen) atoms. The van der Waals surface area contributed by atoms with Crippen LogP contribution in [0, 0.1) is 0 Å². The van der Waals surface area contributed by atoms with Crippen molar-refractivity contribution in [2.24, 2.45) is 0 Å². The number of rotatable bonds is 8. The molecule has 1 amide bonds. The summed E-state index contributed by atoms with van der Waals surface area (Å²) in [6, 6.07) is 6.58.